The predicted octanol–water partition coefficient (Wildman–Crippen LogP) is 3.76. The lowest BCUT2D eigenvalue weighted by Crippen LogP contribution is -2.57. The molecule has 6 atom stereocenters. The second-order valence-electron chi connectivity index (χ2n) is 8.79. The Morgan fingerprint density at radius 2 is 1.36 bits per heavy atom. The van der Waals surface area contributed by atoms with Gasteiger partial charge in [-0.25, -0.2) is 4.79 Å². The summed E-state index contributed by atoms with van der Waals surface area (Å²) in [5.74, 6) is -1.40. The molecule has 7 nitrogen and oxygen atoms in total. The zero-order valence-electron chi connectivity index (χ0n) is 21.1. The lowest BCUT2D eigenvalue weighted by atomic mass is 9.94. The number of ether oxygens (including phenoxy) is 1. The summed E-state index contributed by atoms with van der Waals surface area (Å²) in [6, 6.07) is 7.43. The number of carbonyl (C=O) groups is 3. The highest BCUT2D eigenvalue weighted by molar-refractivity contribution is 5.93. The first-order valence-electron chi connectivity index (χ1n) is 12.0. The Hall–Kier alpha value is -2.70. The van der Waals surface area contributed by atoms with Gasteiger partial charge in [-0.15, -0.1) is 0 Å². The minimum Gasteiger partial charge on any atom is -0.467 e. The number of rotatable bonds is 13. The Bertz CT molecular complexity index is 781. The predicted molar refractivity (Wildman–Crippen MR) is 132 cm³/mol. The minimum atomic E-state index is -0.780. The molecule has 0 spiro atoms. The second kappa shape index (κ2) is 14.4. The molecule has 1 rings (SSSR count). The van der Waals surface area contributed by atoms with Crippen LogP contribution in [0, 0.1) is 17.8 Å². The average molecular weight is 460 g/mol. The number of aliphatic imine (C=N–C) groups is 1. The van der Waals surface area contributed by atoms with Gasteiger partial charge < -0.3 is 15.4 Å². The van der Waals surface area contributed by atoms with E-state index in [0.29, 0.717) is 12.8 Å². The van der Waals surface area contributed by atoms with Crippen LogP contribution in [0.3, 0.4) is 0 Å². The van der Waals surface area contributed by atoms with Crippen molar-refractivity contribution in [1.29, 1.82) is 0 Å². The number of benzene rings is 1. The zero-order chi connectivity index (χ0) is 25.0. The van der Waals surface area contributed by atoms with Gasteiger partial charge in [-0.1, -0.05) is 91.1 Å². The van der Waals surface area contributed by atoms with E-state index in [1.807, 2.05) is 71.9 Å². The molecule has 0 unspecified atom stereocenters. The van der Waals surface area contributed by atoms with Crippen LogP contribution >= 0.6 is 0 Å². The van der Waals surface area contributed by atoms with Crippen molar-refractivity contribution in [3.63, 3.8) is 0 Å². The van der Waals surface area contributed by atoms with Gasteiger partial charge in [-0.2, -0.15) is 0 Å². The number of methoxy groups -OCH3 is 1. The van der Waals surface area contributed by atoms with Gasteiger partial charge in [0.25, 0.3) is 0 Å². The van der Waals surface area contributed by atoms with Crippen molar-refractivity contribution >= 4 is 24.0 Å². The van der Waals surface area contributed by atoms with E-state index in [4.69, 9.17) is 4.74 Å². The van der Waals surface area contributed by atoms with Crippen LogP contribution in [0.1, 0.15) is 66.4 Å². The minimum absolute atomic E-state index is 0.00598. The van der Waals surface area contributed by atoms with Crippen LogP contribution in [-0.4, -0.2) is 49.2 Å². The smallest absolute Gasteiger partial charge is 0.328 e. The van der Waals surface area contributed by atoms with Crippen molar-refractivity contribution in [2.45, 2.75) is 78.9 Å². The van der Waals surface area contributed by atoms with Gasteiger partial charge in [0.05, 0.1) is 7.11 Å². The molecular weight excluding hydrogens is 418 g/mol. The number of amides is 2. The first kappa shape index (κ1) is 28.3. The van der Waals surface area contributed by atoms with Crippen molar-refractivity contribution in [3.8, 4) is 0 Å². The largest absolute Gasteiger partial charge is 0.467 e. The fourth-order valence-corrected chi connectivity index (χ4v) is 3.38. The van der Waals surface area contributed by atoms with Crippen LogP contribution in [-0.2, 0) is 19.1 Å². The third-order valence-electron chi connectivity index (χ3n) is 6.39. The highest BCUT2D eigenvalue weighted by Gasteiger charge is 2.34. The summed E-state index contributed by atoms with van der Waals surface area (Å²) in [6.07, 6.45) is 3.85. The molecule has 2 amide bonds. The van der Waals surface area contributed by atoms with E-state index >= 15 is 0 Å². The highest BCUT2D eigenvalue weighted by atomic mass is 16.5. The molecule has 0 fully saturated rings. The van der Waals surface area contributed by atoms with E-state index in [9.17, 15) is 14.4 Å². The molecular formula is C26H41N3O4. The number of esters is 1. The Labute approximate surface area is 198 Å². The van der Waals surface area contributed by atoms with Crippen molar-refractivity contribution < 1.29 is 19.1 Å². The molecule has 0 aliphatic heterocycles. The number of carbonyl (C=O) groups excluding carboxylic acids is 3. The first-order chi connectivity index (χ1) is 15.7. The number of nitrogens with zero attached hydrogens (tertiary/aromatic N) is 1. The maximum absolute atomic E-state index is 13.3. The van der Waals surface area contributed by atoms with Gasteiger partial charge in [0.1, 0.15) is 18.1 Å². The van der Waals surface area contributed by atoms with E-state index in [1.165, 1.54) is 7.11 Å². The summed E-state index contributed by atoms with van der Waals surface area (Å²) in [5, 5.41) is 5.73. The van der Waals surface area contributed by atoms with Gasteiger partial charge in [-0.05, 0) is 23.3 Å². The molecule has 1 aromatic carbocycles. The number of nitrogens with one attached hydrogen (secondary N) is 2. The lowest BCUT2D eigenvalue weighted by Gasteiger charge is -2.29. The topological polar surface area (TPSA) is 96.9 Å². The summed E-state index contributed by atoms with van der Waals surface area (Å²) < 4.78 is 4.88. The fraction of sp³-hybridized carbons (Fsp3) is 0.615. The lowest BCUT2D eigenvalue weighted by molar-refractivity contribution is -0.147. The van der Waals surface area contributed by atoms with Crippen LogP contribution < -0.4 is 10.6 Å². The van der Waals surface area contributed by atoms with Crippen LogP contribution in [0.5, 0.6) is 0 Å². The van der Waals surface area contributed by atoms with E-state index in [0.717, 1.165) is 12.0 Å². The van der Waals surface area contributed by atoms with Crippen LogP contribution in [0.2, 0.25) is 0 Å². The summed E-state index contributed by atoms with van der Waals surface area (Å²) in [6.45, 7) is 11.7. The fourth-order valence-electron chi connectivity index (χ4n) is 3.38. The third-order valence-corrected chi connectivity index (χ3v) is 6.39. The zero-order valence-corrected chi connectivity index (χ0v) is 21.1. The Balaban J connectivity index is 3.10. The molecule has 0 bridgehead atoms. The van der Waals surface area contributed by atoms with Crippen molar-refractivity contribution in [1.82, 2.24) is 10.6 Å². The van der Waals surface area contributed by atoms with Gasteiger partial charge in [0.15, 0.2) is 0 Å². The Morgan fingerprint density at radius 3 is 1.88 bits per heavy atom. The normalized spacial score (nSPS) is 16.8. The molecule has 0 aliphatic rings. The van der Waals surface area contributed by atoms with Crippen molar-refractivity contribution in [3.05, 3.63) is 35.9 Å². The SMILES string of the molecule is CC[C@H](C)[C@H](N=Cc1ccccc1)C(=O)N[C@H](C(=O)N[C@H](C(=O)OC)[C@@H](C)CC)[C@@H](C)CC. The second-order valence-corrected chi connectivity index (χ2v) is 8.79. The first-order valence-corrected chi connectivity index (χ1v) is 12.0. The van der Waals surface area contributed by atoms with Gasteiger partial charge >= 0.3 is 5.97 Å². The van der Waals surface area contributed by atoms with E-state index in [2.05, 4.69) is 15.6 Å². The molecule has 184 valence electrons. The van der Waals surface area contributed by atoms with E-state index in [-0.39, 0.29) is 29.6 Å². The monoisotopic (exact) mass is 459 g/mol. The molecule has 7 heteroatoms. The standard InChI is InChI=1S/C26H41N3O4/c1-8-17(4)21(27-16-20-14-12-11-13-15-20)24(30)28-22(18(5)9-2)25(31)29-23(19(6)10-3)26(32)33-7/h11-19,21-23H,8-10H2,1-7H3,(H,28,30)(H,29,31)/t17-,18-,19-,21-,22-,23-/m0/s1. The highest BCUT2D eigenvalue weighted by Crippen LogP contribution is 2.16. The summed E-state index contributed by atoms with van der Waals surface area (Å²) in [5.41, 5.74) is 0.907. The number of hydrogen-bond acceptors (Lipinski definition) is 5. The van der Waals surface area contributed by atoms with Gasteiger partial charge in [0, 0.05) is 6.21 Å². The third kappa shape index (κ3) is 8.63. The van der Waals surface area contributed by atoms with Crippen LogP contribution in [0.4, 0.5) is 0 Å². The molecule has 0 saturated carbocycles. The molecule has 0 aromatic heterocycles. The van der Waals surface area contributed by atoms with Crippen LogP contribution in [0.15, 0.2) is 35.3 Å². The molecule has 0 radical (unpaired) electrons. The summed E-state index contributed by atoms with van der Waals surface area (Å²) >= 11 is 0. The Morgan fingerprint density at radius 1 is 0.848 bits per heavy atom. The van der Waals surface area contributed by atoms with E-state index < -0.39 is 24.1 Å². The van der Waals surface area contributed by atoms with E-state index in [1.54, 1.807) is 6.21 Å². The maximum Gasteiger partial charge on any atom is 0.328 e. The van der Waals surface area contributed by atoms with Gasteiger partial charge in [-0.3, -0.25) is 14.6 Å². The molecule has 0 saturated heterocycles. The summed E-state index contributed by atoms with van der Waals surface area (Å²) in [7, 11) is 1.30. The molecule has 33 heavy (non-hydrogen) atoms. The van der Waals surface area contributed by atoms with Crippen molar-refractivity contribution in [2.75, 3.05) is 7.11 Å². The van der Waals surface area contributed by atoms with Gasteiger partial charge in [0.2, 0.25) is 11.8 Å². The Kier molecular flexibility index (Phi) is 12.4. The molecule has 1 aromatic rings. The quantitative estimate of drug-likeness (QED) is 0.347. The molecule has 2 N–H and O–H groups in total. The van der Waals surface area contributed by atoms with Crippen molar-refractivity contribution in [2.24, 2.45) is 22.7 Å². The maximum atomic E-state index is 13.3. The molecule has 0 aliphatic carbocycles. The number of hydrogen-bond donors (Lipinski definition) is 2. The molecule has 0 heterocycles. The van der Waals surface area contributed by atoms with Crippen LogP contribution in [0.25, 0.3) is 0 Å². The summed E-state index contributed by atoms with van der Waals surface area (Å²) in [4.78, 5) is 43.3. The average Bonchev–Trinajstić information content (AvgIpc) is 2.84.